The molecule has 1 unspecified atom stereocenters. The lowest BCUT2D eigenvalue weighted by molar-refractivity contribution is 0.873. The van der Waals surface area contributed by atoms with Crippen LogP contribution in [0.1, 0.15) is 18.5 Å². The third kappa shape index (κ3) is 2.99. The van der Waals surface area contributed by atoms with Crippen molar-refractivity contribution in [2.75, 3.05) is 5.32 Å². The molecule has 0 aliphatic carbocycles. The highest BCUT2D eigenvalue weighted by atomic mass is 79.9. The lowest BCUT2D eigenvalue weighted by Gasteiger charge is -2.16. The molecule has 1 heterocycles. The second-order valence-electron chi connectivity index (χ2n) is 3.72. The van der Waals surface area contributed by atoms with Crippen LogP contribution in [0.25, 0.3) is 0 Å². The van der Waals surface area contributed by atoms with Crippen LogP contribution in [0.2, 0.25) is 5.02 Å². The van der Waals surface area contributed by atoms with Gasteiger partial charge in [0.25, 0.3) is 0 Å². The summed E-state index contributed by atoms with van der Waals surface area (Å²) in [6, 6.07) is 11.8. The number of pyridine rings is 1. The predicted molar refractivity (Wildman–Crippen MR) is 75.4 cm³/mol. The minimum Gasteiger partial charge on any atom is -0.363 e. The molecule has 0 bridgehead atoms. The third-order valence-corrected chi connectivity index (χ3v) is 3.47. The number of aromatic nitrogens is 1. The van der Waals surface area contributed by atoms with Crippen molar-refractivity contribution in [2.45, 2.75) is 13.0 Å². The molecule has 0 aliphatic heterocycles. The van der Waals surface area contributed by atoms with Crippen LogP contribution < -0.4 is 5.32 Å². The van der Waals surface area contributed by atoms with Crippen LogP contribution in [0, 0.1) is 0 Å². The summed E-state index contributed by atoms with van der Waals surface area (Å²) in [7, 11) is 0. The summed E-state index contributed by atoms with van der Waals surface area (Å²) in [6.45, 7) is 2.06. The molecule has 17 heavy (non-hydrogen) atoms. The van der Waals surface area contributed by atoms with Gasteiger partial charge in [0.1, 0.15) is 5.82 Å². The molecule has 1 N–H and O–H groups in total. The van der Waals surface area contributed by atoms with Crippen molar-refractivity contribution >= 4 is 33.3 Å². The second-order valence-corrected chi connectivity index (χ2v) is 4.98. The quantitative estimate of drug-likeness (QED) is 0.891. The van der Waals surface area contributed by atoms with E-state index in [0.29, 0.717) is 0 Å². The van der Waals surface area contributed by atoms with Gasteiger partial charge >= 0.3 is 0 Å². The highest BCUT2D eigenvalue weighted by Gasteiger charge is 2.10. The Balaban J connectivity index is 2.20. The molecule has 1 aromatic carbocycles. The Bertz CT molecular complexity index is 516. The van der Waals surface area contributed by atoms with Crippen LogP contribution >= 0.6 is 27.5 Å². The minimum atomic E-state index is 0.106. The molecule has 0 spiro atoms. The molecule has 88 valence electrons. The molecule has 2 nitrogen and oxygen atoms in total. The SMILES string of the molecule is CC(Nc1ncccc1Br)c1ccccc1Cl. The molecule has 0 saturated heterocycles. The molecular weight excluding hydrogens is 300 g/mol. The molecule has 4 heteroatoms. The summed E-state index contributed by atoms with van der Waals surface area (Å²) in [6.07, 6.45) is 1.76. The standard InChI is InChI=1S/C13H12BrClN2/c1-9(10-5-2-3-7-12(10)15)17-13-11(14)6-4-8-16-13/h2-9H,1H3,(H,16,17). The molecule has 0 saturated carbocycles. The highest BCUT2D eigenvalue weighted by Crippen LogP contribution is 2.27. The lowest BCUT2D eigenvalue weighted by Crippen LogP contribution is -2.08. The maximum Gasteiger partial charge on any atom is 0.140 e. The van der Waals surface area contributed by atoms with Gasteiger partial charge in [-0.3, -0.25) is 0 Å². The van der Waals surface area contributed by atoms with Crippen LogP contribution in [0.3, 0.4) is 0 Å². The second kappa shape index (κ2) is 5.52. The van der Waals surface area contributed by atoms with E-state index in [0.717, 1.165) is 20.9 Å². The molecule has 0 fully saturated rings. The molecule has 0 amide bonds. The van der Waals surface area contributed by atoms with Crippen molar-refractivity contribution in [3.63, 3.8) is 0 Å². The smallest absolute Gasteiger partial charge is 0.140 e. The van der Waals surface area contributed by atoms with E-state index in [9.17, 15) is 0 Å². The predicted octanol–water partition coefficient (Wildman–Crippen LogP) is 4.67. The van der Waals surface area contributed by atoms with Crippen molar-refractivity contribution in [1.82, 2.24) is 4.98 Å². The Labute approximate surface area is 114 Å². The topological polar surface area (TPSA) is 24.9 Å². The fraction of sp³-hybridized carbons (Fsp3) is 0.154. The molecule has 0 aliphatic rings. The number of hydrogen-bond acceptors (Lipinski definition) is 2. The zero-order chi connectivity index (χ0) is 12.3. The number of nitrogens with one attached hydrogen (secondary N) is 1. The molecule has 2 aromatic rings. The number of nitrogens with zero attached hydrogens (tertiary/aromatic N) is 1. The van der Waals surface area contributed by atoms with Crippen LogP contribution in [0.15, 0.2) is 47.1 Å². The Hall–Kier alpha value is -1.06. The summed E-state index contributed by atoms with van der Waals surface area (Å²) in [5, 5.41) is 4.09. The molecule has 1 atom stereocenters. The molecule has 1 aromatic heterocycles. The van der Waals surface area contributed by atoms with Crippen molar-refractivity contribution in [1.29, 1.82) is 0 Å². The van der Waals surface area contributed by atoms with Crippen molar-refractivity contribution in [3.8, 4) is 0 Å². The number of halogens is 2. The van der Waals surface area contributed by atoms with Gasteiger partial charge in [-0.2, -0.15) is 0 Å². The van der Waals surface area contributed by atoms with E-state index in [2.05, 4.69) is 33.2 Å². The van der Waals surface area contributed by atoms with Crippen LogP contribution in [-0.2, 0) is 0 Å². The first kappa shape index (κ1) is 12.4. The molecular formula is C13H12BrClN2. The normalized spacial score (nSPS) is 12.2. The van der Waals surface area contributed by atoms with Crippen LogP contribution in [0.4, 0.5) is 5.82 Å². The largest absolute Gasteiger partial charge is 0.363 e. The zero-order valence-electron chi connectivity index (χ0n) is 9.32. The maximum absolute atomic E-state index is 6.15. The van der Waals surface area contributed by atoms with Gasteiger partial charge < -0.3 is 5.32 Å². The molecule has 0 radical (unpaired) electrons. The first-order valence-corrected chi connectivity index (χ1v) is 6.47. The Morgan fingerprint density at radius 2 is 2.00 bits per heavy atom. The third-order valence-electron chi connectivity index (χ3n) is 2.48. The van der Waals surface area contributed by atoms with Gasteiger partial charge in [-0.1, -0.05) is 29.8 Å². The van der Waals surface area contributed by atoms with Gasteiger partial charge in [0.2, 0.25) is 0 Å². The summed E-state index contributed by atoms with van der Waals surface area (Å²) in [4.78, 5) is 4.27. The van der Waals surface area contributed by atoms with Gasteiger partial charge in [0.15, 0.2) is 0 Å². The van der Waals surface area contributed by atoms with E-state index < -0.39 is 0 Å². The Morgan fingerprint density at radius 3 is 2.71 bits per heavy atom. The van der Waals surface area contributed by atoms with Crippen molar-refractivity contribution < 1.29 is 0 Å². The first-order valence-electron chi connectivity index (χ1n) is 5.30. The average molecular weight is 312 g/mol. The van der Waals surface area contributed by atoms with E-state index in [1.54, 1.807) is 6.20 Å². The van der Waals surface area contributed by atoms with E-state index >= 15 is 0 Å². The molecule has 2 rings (SSSR count). The van der Waals surface area contributed by atoms with Crippen molar-refractivity contribution in [2.24, 2.45) is 0 Å². The zero-order valence-corrected chi connectivity index (χ0v) is 11.7. The monoisotopic (exact) mass is 310 g/mol. The van der Waals surface area contributed by atoms with E-state index in [-0.39, 0.29) is 6.04 Å². The fourth-order valence-corrected chi connectivity index (χ4v) is 2.27. The number of rotatable bonds is 3. The van der Waals surface area contributed by atoms with Crippen molar-refractivity contribution in [3.05, 3.63) is 57.7 Å². The van der Waals surface area contributed by atoms with Crippen LogP contribution in [-0.4, -0.2) is 4.98 Å². The van der Waals surface area contributed by atoms with Crippen LogP contribution in [0.5, 0.6) is 0 Å². The Morgan fingerprint density at radius 1 is 1.24 bits per heavy atom. The van der Waals surface area contributed by atoms with Gasteiger partial charge in [0.05, 0.1) is 10.5 Å². The maximum atomic E-state index is 6.15. The van der Waals surface area contributed by atoms with E-state index in [1.165, 1.54) is 0 Å². The van der Waals surface area contributed by atoms with E-state index in [4.69, 9.17) is 11.6 Å². The number of anilines is 1. The number of hydrogen-bond donors (Lipinski definition) is 1. The lowest BCUT2D eigenvalue weighted by atomic mass is 10.1. The summed E-state index contributed by atoms with van der Waals surface area (Å²) in [5.41, 5.74) is 1.06. The summed E-state index contributed by atoms with van der Waals surface area (Å²) in [5.74, 6) is 0.819. The average Bonchev–Trinajstić information content (AvgIpc) is 2.32. The fourth-order valence-electron chi connectivity index (χ4n) is 1.60. The van der Waals surface area contributed by atoms with Gasteiger partial charge in [-0.25, -0.2) is 4.98 Å². The summed E-state index contributed by atoms with van der Waals surface area (Å²) < 4.78 is 0.943. The minimum absolute atomic E-state index is 0.106. The van der Waals surface area contributed by atoms with Gasteiger partial charge in [-0.15, -0.1) is 0 Å². The van der Waals surface area contributed by atoms with Gasteiger partial charge in [0, 0.05) is 11.2 Å². The number of benzene rings is 1. The Kier molecular flexibility index (Phi) is 4.02. The van der Waals surface area contributed by atoms with Gasteiger partial charge in [-0.05, 0) is 46.6 Å². The summed E-state index contributed by atoms with van der Waals surface area (Å²) >= 11 is 9.61. The van der Waals surface area contributed by atoms with E-state index in [1.807, 2.05) is 36.4 Å². The first-order chi connectivity index (χ1) is 8.18. The highest BCUT2D eigenvalue weighted by molar-refractivity contribution is 9.10.